The molecule has 0 bridgehead atoms. The van der Waals surface area contributed by atoms with Gasteiger partial charge in [-0.05, 0) is 31.5 Å². The van der Waals surface area contributed by atoms with E-state index in [-0.39, 0.29) is 5.82 Å². The summed E-state index contributed by atoms with van der Waals surface area (Å²) >= 11 is 0. The Morgan fingerprint density at radius 1 is 1.20 bits per heavy atom. The van der Waals surface area contributed by atoms with E-state index in [1.165, 1.54) is 6.20 Å². The zero-order valence-corrected chi connectivity index (χ0v) is 11.7. The summed E-state index contributed by atoms with van der Waals surface area (Å²) in [6, 6.07) is 6.27. The third-order valence-corrected chi connectivity index (χ3v) is 3.25. The molecule has 0 fully saturated rings. The third kappa shape index (κ3) is 3.02. The molecule has 1 unspecified atom stereocenters. The van der Waals surface area contributed by atoms with Crippen molar-refractivity contribution in [3.8, 4) is 0 Å². The smallest absolute Gasteiger partial charge is 0.146 e. The molecule has 1 aromatic heterocycles. The van der Waals surface area contributed by atoms with Crippen LogP contribution in [0.25, 0.3) is 0 Å². The first kappa shape index (κ1) is 14.6. The lowest BCUT2D eigenvalue weighted by molar-refractivity contribution is 0.516. The maximum absolute atomic E-state index is 14.3. The fraction of sp³-hybridized carbons (Fsp3) is 0.312. The predicted octanol–water partition coefficient (Wildman–Crippen LogP) is 3.76. The summed E-state index contributed by atoms with van der Waals surface area (Å²) in [4.78, 5) is 3.74. The molecule has 0 saturated heterocycles. The number of aryl methyl sites for hydroxylation is 1. The Hall–Kier alpha value is -1.81. The summed E-state index contributed by atoms with van der Waals surface area (Å²) in [6.07, 6.45) is 3.56. The molecular weight excluding hydrogens is 258 g/mol. The lowest BCUT2D eigenvalue weighted by Gasteiger charge is -2.21. The fourth-order valence-electron chi connectivity index (χ4n) is 2.19. The molecule has 2 rings (SSSR count). The lowest BCUT2D eigenvalue weighted by atomic mass is 9.97. The van der Waals surface area contributed by atoms with E-state index >= 15 is 0 Å². The quantitative estimate of drug-likeness (QED) is 0.899. The SMILES string of the molecule is CCCNC(c1ccncc1F)c1cccc(C)c1F. The maximum atomic E-state index is 14.3. The van der Waals surface area contributed by atoms with Gasteiger partial charge in [0.15, 0.2) is 0 Å². The summed E-state index contributed by atoms with van der Waals surface area (Å²) in [6.45, 7) is 4.40. The van der Waals surface area contributed by atoms with Gasteiger partial charge in [0.25, 0.3) is 0 Å². The van der Waals surface area contributed by atoms with Gasteiger partial charge in [0.1, 0.15) is 11.6 Å². The lowest BCUT2D eigenvalue weighted by Crippen LogP contribution is -2.25. The molecule has 20 heavy (non-hydrogen) atoms. The molecule has 1 heterocycles. The summed E-state index contributed by atoms with van der Waals surface area (Å²) in [7, 11) is 0. The van der Waals surface area contributed by atoms with Gasteiger partial charge < -0.3 is 5.32 Å². The van der Waals surface area contributed by atoms with Crippen LogP contribution in [0.1, 0.15) is 36.1 Å². The molecule has 2 nitrogen and oxygen atoms in total. The van der Waals surface area contributed by atoms with Crippen molar-refractivity contribution in [2.24, 2.45) is 0 Å². The van der Waals surface area contributed by atoms with Crippen molar-refractivity contribution >= 4 is 0 Å². The van der Waals surface area contributed by atoms with E-state index in [1.807, 2.05) is 6.92 Å². The maximum Gasteiger partial charge on any atom is 0.146 e. The van der Waals surface area contributed by atoms with Crippen molar-refractivity contribution in [3.63, 3.8) is 0 Å². The highest BCUT2D eigenvalue weighted by Gasteiger charge is 2.21. The second kappa shape index (κ2) is 6.57. The average molecular weight is 276 g/mol. The molecule has 1 atom stereocenters. The summed E-state index contributed by atoms with van der Waals surface area (Å²) in [5.41, 5.74) is 1.43. The molecule has 2 aromatic rings. The number of pyridine rings is 1. The largest absolute Gasteiger partial charge is 0.306 e. The van der Waals surface area contributed by atoms with Crippen molar-refractivity contribution in [1.82, 2.24) is 10.3 Å². The summed E-state index contributed by atoms with van der Waals surface area (Å²) < 4.78 is 28.3. The van der Waals surface area contributed by atoms with E-state index in [9.17, 15) is 8.78 Å². The third-order valence-electron chi connectivity index (χ3n) is 3.25. The monoisotopic (exact) mass is 276 g/mol. The molecule has 0 spiro atoms. The Morgan fingerprint density at radius 2 is 2.00 bits per heavy atom. The van der Waals surface area contributed by atoms with Crippen molar-refractivity contribution in [1.29, 1.82) is 0 Å². The molecule has 0 radical (unpaired) electrons. The van der Waals surface area contributed by atoms with Crippen LogP contribution in [0.2, 0.25) is 0 Å². The van der Waals surface area contributed by atoms with Crippen LogP contribution in [0.3, 0.4) is 0 Å². The molecule has 0 aliphatic carbocycles. The van der Waals surface area contributed by atoms with E-state index < -0.39 is 11.9 Å². The van der Waals surface area contributed by atoms with Gasteiger partial charge in [0.05, 0.1) is 12.2 Å². The highest BCUT2D eigenvalue weighted by Crippen LogP contribution is 2.27. The number of nitrogens with zero attached hydrogens (tertiary/aromatic N) is 1. The van der Waals surface area contributed by atoms with E-state index in [0.717, 1.165) is 12.6 Å². The number of aromatic nitrogens is 1. The molecule has 1 aromatic carbocycles. The van der Waals surface area contributed by atoms with E-state index in [4.69, 9.17) is 0 Å². The first-order valence-corrected chi connectivity index (χ1v) is 6.73. The zero-order chi connectivity index (χ0) is 14.5. The van der Waals surface area contributed by atoms with Gasteiger partial charge >= 0.3 is 0 Å². The van der Waals surface area contributed by atoms with Crippen molar-refractivity contribution in [2.45, 2.75) is 26.3 Å². The van der Waals surface area contributed by atoms with Gasteiger partial charge in [0.2, 0.25) is 0 Å². The van der Waals surface area contributed by atoms with E-state index in [1.54, 1.807) is 31.2 Å². The van der Waals surface area contributed by atoms with Crippen molar-refractivity contribution in [3.05, 3.63) is 65.0 Å². The Bertz CT molecular complexity index is 584. The average Bonchev–Trinajstić information content (AvgIpc) is 2.45. The number of nitrogens with one attached hydrogen (secondary N) is 1. The molecule has 4 heteroatoms. The van der Waals surface area contributed by atoms with Gasteiger partial charge in [0, 0.05) is 17.3 Å². The molecule has 0 aliphatic rings. The van der Waals surface area contributed by atoms with Crippen LogP contribution in [-0.2, 0) is 0 Å². The van der Waals surface area contributed by atoms with Crippen LogP contribution >= 0.6 is 0 Å². The summed E-state index contributed by atoms with van der Waals surface area (Å²) in [5.74, 6) is -0.723. The number of hydrogen-bond donors (Lipinski definition) is 1. The Kier molecular flexibility index (Phi) is 4.79. The zero-order valence-electron chi connectivity index (χ0n) is 11.7. The highest BCUT2D eigenvalue weighted by molar-refractivity contribution is 5.35. The predicted molar refractivity (Wildman–Crippen MR) is 75.5 cm³/mol. The van der Waals surface area contributed by atoms with Crippen LogP contribution in [0, 0.1) is 18.6 Å². The van der Waals surface area contributed by atoms with Crippen molar-refractivity contribution in [2.75, 3.05) is 6.54 Å². The van der Waals surface area contributed by atoms with Gasteiger partial charge in [-0.3, -0.25) is 4.98 Å². The van der Waals surface area contributed by atoms with Crippen LogP contribution in [-0.4, -0.2) is 11.5 Å². The second-order valence-electron chi connectivity index (χ2n) is 4.76. The minimum Gasteiger partial charge on any atom is -0.306 e. The number of benzene rings is 1. The van der Waals surface area contributed by atoms with E-state index in [0.29, 0.717) is 23.2 Å². The Morgan fingerprint density at radius 3 is 2.70 bits per heavy atom. The Balaban J connectivity index is 2.47. The molecule has 0 aliphatic heterocycles. The van der Waals surface area contributed by atoms with Crippen molar-refractivity contribution < 1.29 is 8.78 Å². The molecular formula is C16H18F2N2. The first-order chi connectivity index (χ1) is 9.65. The van der Waals surface area contributed by atoms with Gasteiger partial charge in [-0.2, -0.15) is 0 Å². The number of halogens is 2. The normalized spacial score (nSPS) is 12.4. The van der Waals surface area contributed by atoms with Crippen LogP contribution < -0.4 is 5.32 Å². The van der Waals surface area contributed by atoms with Crippen LogP contribution in [0.15, 0.2) is 36.7 Å². The fourth-order valence-corrected chi connectivity index (χ4v) is 2.19. The van der Waals surface area contributed by atoms with Gasteiger partial charge in [-0.1, -0.05) is 25.1 Å². The highest BCUT2D eigenvalue weighted by atomic mass is 19.1. The van der Waals surface area contributed by atoms with Crippen LogP contribution in [0.5, 0.6) is 0 Å². The molecule has 1 N–H and O–H groups in total. The van der Waals surface area contributed by atoms with Gasteiger partial charge in [-0.25, -0.2) is 8.78 Å². The number of rotatable bonds is 5. The molecule has 0 amide bonds. The molecule has 106 valence electrons. The number of hydrogen-bond acceptors (Lipinski definition) is 2. The second-order valence-corrected chi connectivity index (χ2v) is 4.76. The standard InChI is InChI=1S/C16H18F2N2/c1-3-8-20-16(12-7-9-19-10-14(12)17)13-6-4-5-11(2)15(13)18/h4-7,9-10,16,20H,3,8H2,1-2H3. The minimum absolute atomic E-state index is 0.294. The van der Waals surface area contributed by atoms with Crippen LogP contribution in [0.4, 0.5) is 8.78 Å². The first-order valence-electron chi connectivity index (χ1n) is 6.73. The minimum atomic E-state index is -0.502. The van der Waals surface area contributed by atoms with E-state index in [2.05, 4.69) is 10.3 Å². The summed E-state index contributed by atoms with van der Waals surface area (Å²) in [5, 5.41) is 3.20. The molecule has 0 saturated carbocycles. The topological polar surface area (TPSA) is 24.9 Å². The van der Waals surface area contributed by atoms with Gasteiger partial charge in [-0.15, -0.1) is 0 Å². The Labute approximate surface area is 117 Å².